The van der Waals surface area contributed by atoms with Gasteiger partial charge in [-0.2, -0.15) is 5.10 Å². The van der Waals surface area contributed by atoms with E-state index in [0.717, 1.165) is 11.6 Å². The van der Waals surface area contributed by atoms with Crippen LogP contribution in [0.3, 0.4) is 0 Å². The molecule has 0 spiro atoms. The summed E-state index contributed by atoms with van der Waals surface area (Å²) in [6.45, 7) is 5.08. The zero-order valence-corrected chi connectivity index (χ0v) is 10.6. The summed E-state index contributed by atoms with van der Waals surface area (Å²) in [5.41, 5.74) is 1.07. The summed E-state index contributed by atoms with van der Waals surface area (Å²) < 4.78 is 1.88. The average Bonchev–Trinajstić information content (AvgIpc) is 2.85. The topological polar surface area (TPSA) is 42.7 Å². The van der Waals surface area contributed by atoms with Gasteiger partial charge in [-0.05, 0) is 19.9 Å². The first kappa shape index (κ1) is 11.3. The molecule has 0 radical (unpaired) electrons. The number of hydrogen-bond acceptors (Lipinski definition) is 4. The van der Waals surface area contributed by atoms with Crippen LogP contribution in [0.1, 0.15) is 24.5 Å². The number of aryl methyl sites for hydroxylation is 1. The van der Waals surface area contributed by atoms with Crippen LogP contribution in [0, 0.1) is 0 Å². The molecule has 0 amide bonds. The van der Waals surface area contributed by atoms with Crippen LogP contribution in [0.2, 0.25) is 0 Å². The lowest BCUT2D eigenvalue weighted by molar-refractivity contribution is 0.392. The Bertz CT molecular complexity index is 444. The first-order valence-corrected chi connectivity index (χ1v) is 6.09. The van der Waals surface area contributed by atoms with E-state index in [1.807, 2.05) is 35.6 Å². The van der Waals surface area contributed by atoms with Crippen molar-refractivity contribution in [3.05, 3.63) is 34.5 Å². The summed E-state index contributed by atoms with van der Waals surface area (Å²) in [5.74, 6) is 0. The Morgan fingerprint density at radius 1 is 1.44 bits per heavy atom. The number of hydrogen-bond donors (Lipinski definition) is 1. The van der Waals surface area contributed by atoms with Crippen molar-refractivity contribution in [3.8, 4) is 0 Å². The molecule has 2 heterocycles. The summed E-state index contributed by atoms with van der Waals surface area (Å²) >= 11 is 1.68. The van der Waals surface area contributed by atoms with Crippen LogP contribution in [-0.4, -0.2) is 14.8 Å². The van der Waals surface area contributed by atoms with Gasteiger partial charge < -0.3 is 5.32 Å². The van der Waals surface area contributed by atoms with Crippen LogP contribution in [0.15, 0.2) is 23.8 Å². The van der Waals surface area contributed by atoms with E-state index in [-0.39, 0.29) is 5.54 Å². The lowest BCUT2D eigenvalue weighted by Crippen LogP contribution is -2.36. The number of nitrogens with one attached hydrogen (secondary N) is 1. The Morgan fingerprint density at radius 2 is 2.25 bits per heavy atom. The van der Waals surface area contributed by atoms with Gasteiger partial charge in [0.15, 0.2) is 0 Å². The van der Waals surface area contributed by atoms with Crippen LogP contribution in [-0.2, 0) is 19.1 Å². The minimum Gasteiger partial charge on any atom is -0.300 e. The minimum absolute atomic E-state index is 0.0988. The zero-order valence-electron chi connectivity index (χ0n) is 9.77. The van der Waals surface area contributed by atoms with Gasteiger partial charge in [-0.15, -0.1) is 11.3 Å². The second kappa shape index (κ2) is 4.35. The molecule has 4 nitrogen and oxygen atoms in total. The van der Waals surface area contributed by atoms with Crippen molar-refractivity contribution in [2.24, 2.45) is 7.05 Å². The fourth-order valence-electron chi connectivity index (χ4n) is 1.49. The van der Waals surface area contributed by atoms with E-state index in [0.29, 0.717) is 0 Å². The fraction of sp³-hybridized carbons (Fsp3) is 0.455. The van der Waals surface area contributed by atoms with E-state index in [4.69, 9.17) is 0 Å². The number of thiazole rings is 1. The van der Waals surface area contributed by atoms with Crippen molar-refractivity contribution in [3.63, 3.8) is 0 Å². The molecule has 0 saturated carbocycles. The van der Waals surface area contributed by atoms with Gasteiger partial charge in [0.1, 0.15) is 5.01 Å². The Hall–Kier alpha value is -1.20. The van der Waals surface area contributed by atoms with Gasteiger partial charge >= 0.3 is 0 Å². The molecule has 5 heteroatoms. The molecule has 1 N–H and O–H groups in total. The van der Waals surface area contributed by atoms with Crippen LogP contribution >= 0.6 is 11.3 Å². The second-order valence-corrected chi connectivity index (χ2v) is 5.16. The highest BCUT2D eigenvalue weighted by atomic mass is 32.1. The molecule has 0 bridgehead atoms. The highest BCUT2D eigenvalue weighted by Crippen LogP contribution is 2.22. The summed E-state index contributed by atoms with van der Waals surface area (Å²) in [7, 11) is 1.95. The van der Waals surface area contributed by atoms with E-state index in [9.17, 15) is 0 Å². The van der Waals surface area contributed by atoms with E-state index >= 15 is 0 Å². The summed E-state index contributed by atoms with van der Waals surface area (Å²) in [4.78, 5) is 4.34. The molecule has 2 aromatic rings. The molecule has 0 fully saturated rings. The first-order valence-electron chi connectivity index (χ1n) is 5.21. The average molecular weight is 236 g/mol. The van der Waals surface area contributed by atoms with Crippen molar-refractivity contribution in [1.29, 1.82) is 0 Å². The number of nitrogens with zero attached hydrogens (tertiary/aromatic N) is 3. The number of aromatic nitrogens is 3. The summed E-state index contributed by atoms with van der Waals surface area (Å²) in [6, 6.07) is 2.02. The predicted molar refractivity (Wildman–Crippen MR) is 65.2 cm³/mol. The molecule has 0 atom stereocenters. The minimum atomic E-state index is -0.0988. The van der Waals surface area contributed by atoms with Gasteiger partial charge in [0.25, 0.3) is 0 Å². The van der Waals surface area contributed by atoms with Gasteiger partial charge in [-0.25, -0.2) is 4.98 Å². The maximum atomic E-state index is 4.34. The lowest BCUT2D eigenvalue weighted by Gasteiger charge is -2.23. The van der Waals surface area contributed by atoms with Crippen molar-refractivity contribution >= 4 is 11.3 Å². The molecule has 16 heavy (non-hydrogen) atoms. The first-order chi connectivity index (χ1) is 7.59. The van der Waals surface area contributed by atoms with Gasteiger partial charge in [0.2, 0.25) is 0 Å². The SMILES string of the molecule is Cn1nccc1CNC(C)(C)c1nccs1. The molecule has 0 unspecified atom stereocenters. The van der Waals surface area contributed by atoms with Gasteiger partial charge in [-0.1, -0.05) is 0 Å². The fourth-order valence-corrected chi connectivity index (χ4v) is 2.23. The molecule has 0 aromatic carbocycles. The third kappa shape index (κ3) is 2.31. The number of rotatable bonds is 4. The zero-order chi connectivity index (χ0) is 11.6. The molecular formula is C11H16N4S. The largest absolute Gasteiger partial charge is 0.300 e. The second-order valence-electron chi connectivity index (χ2n) is 4.26. The van der Waals surface area contributed by atoms with Gasteiger partial charge in [0, 0.05) is 31.4 Å². The maximum absolute atomic E-state index is 4.34. The van der Waals surface area contributed by atoms with Crippen LogP contribution in [0.4, 0.5) is 0 Å². The van der Waals surface area contributed by atoms with Gasteiger partial charge in [0.05, 0.1) is 11.2 Å². The summed E-state index contributed by atoms with van der Waals surface area (Å²) in [6.07, 6.45) is 3.65. The smallest absolute Gasteiger partial charge is 0.112 e. The van der Waals surface area contributed by atoms with Crippen molar-refractivity contribution in [2.75, 3.05) is 0 Å². The van der Waals surface area contributed by atoms with Crippen molar-refractivity contribution in [2.45, 2.75) is 25.9 Å². The van der Waals surface area contributed by atoms with E-state index in [2.05, 4.69) is 29.2 Å². The van der Waals surface area contributed by atoms with E-state index in [1.54, 1.807) is 11.3 Å². The molecular weight excluding hydrogens is 220 g/mol. The normalized spacial score (nSPS) is 11.9. The quantitative estimate of drug-likeness (QED) is 0.881. The molecule has 0 aliphatic rings. The van der Waals surface area contributed by atoms with Crippen LogP contribution in [0.5, 0.6) is 0 Å². The Morgan fingerprint density at radius 3 is 2.81 bits per heavy atom. The highest BCUT2D eigenvalue weighted by molar-refractivity contribution is 7.09. The summed E-state index contributed by atoms with van der Waals surface area (Å²) in [5, 5.41) is 10.7. The molecule has 86 valence electrons. The van der Waals surface area contributed by atoms with Crippen molar-refractivity contribution < 1.29 is 0 Å². The van der Waals surface area contributed by atoms with Crippen molar-refractivity contribution in [1.82, 2.24) is 20.1 Å². The predicted octanol–water partition coefficient (Wildman–Crippen LogP) is 1.90. The Balaban J connectivity index is 2.03. The Labute approximate surface area is 99.3 Å². The molecule has 0 aliphatic carbocycles. The molecule has 2 rings (SSSR count). The molecule has 2 aromatic heterocycles. The molecule has 0 aliphatic heterocycles. The highest BCUT2D eigenvalue weighted by Gasteiger charge is 2.22. The maximum Gasteiger partial charge on any atom is 0.112 e. The van der Waals surface area contributed by atoms with Crippen LogP contribution < -0.4 is 5.32 Å². The third-order valence-corrected chi connectivity index (χ3v) is 3.70. The Kier molecular flexibility index (Phi) is 3.07. The van der Waals surface area contributed by atoms with Crippen LogP contribution in [0.25, 0.3) is 0 Å². The van der Waals surface area contributed by atoms with E-state index < -0.39 is 0 Å². The van der Waals surface area contributed by atoms with E-state index in [1.165, 1.54) is 5.69 Å². The monoisotopic (exact) mass is 236 g/mol. The lowest BCUT2D eigenvalue weighted by atomic mass is 10.1. The third-order valence-electron chi connectivity index (χ3n) is 2.60. The standard InChI is InChI=1S/C11H16N4S/c1-11(2,10-12-6-7-16-10)13-8-9-4-5-14-15(9)3/h4-7,13H,8H2,1-3H3. The molecule has 0 saturated heterocycles. The van der Waals surface area contributed by atoms with Gasteiger partial charge in [-0.3, -0.25) is 4.68 Å².